The minimum absolute atomic E-state index is 0.0103. The van der Waals surface area contributed by atoms with Gasteiger partial charge in [0, 0.05) is 12.3 Å². The van der Waals surface area contributed by atoms with Gasteiger partial charge in [0.05, 0.1) is 24.2 Å². The van der Waals surface area contributed by atoms with E-state index >= 15 is 0 Å². The standard InChI is InChI=1S/C20H16N2O6/c23-17-9-10-21(11-13-1-5-15(6-2-13)18(24)25)20(28)22(17)12-14-3-7-16(8-4-14)19(26)27/h1-10H,11-12H2,(H,24,25)(H,26,27). The number of carboxylic acids is 2. The number of hydrogen-bond acceptors (Lipinski definition) is 4. The minimum Gasteiger partial charge on any atom is -0.478 e. The number of benzene rings is 2. The molecule has 8 heteroatoms. The maximum Gasteiger partial charge on any atom is 0.335 e. The minimum atomic E-state index is -1.06. The summed E-state index contributed by atoms with van der Waals surface area (Å²) in [5.41, 5.74) is 0.607. The van der Waals surface area contributed by atoms with Crippen molar-refractivity contribution in [1.29, 1.82) is 0 Å². The van der Waals surface area contributed by atoms with Crippen LogP contribution in [0.1, 0.15) is 31.8 Å². The van der Waals surface area contributed by atoms with Crippen molar-refractivity contribution in [3.8, 4) is 0 Å². The molecule has 0 aliphatic heterocycles. The molecule has 3 aromatic rings. The molecule has 0 fully saturated rings. The van der Waals surface area contributed by atoms with Crippen molar-refractivity contribution in [3.05, 3.63) is 104 Å². The summed E-state index contributed by atoms with van der Waals surface area (Å²) in [6.07, 6.45) is 1.39. The molecule has 28 heavy (non-hydrogen) atoms. The van der Waals surface area contributed by atoms with Crippen LogP contribution < -0.4 is 11.2 Å². The van der Waals surface area contributed by atoms with E-state index in [2.05, 4.69) is 0 Å². The van der Waals surface area contributed by atoms with E-state index in [0.717, 1.165) is 4.57 Å². The lowest BCUT2D eigenvalue weighted by Crippen LogP contribution is -2.39. The lowest BCUT2D eigenvalue weighted by Gasteiger charge is -2.10. The first-order valence-electron chi connectivity index (χ1n) is 8.30. The molecule has 142 valence electrons. The van der Waals surface area contributed by atoms with Crippen LogP contribution in [-0.2, 0) is 13.1 Å². The van der Waals surface area contributed by atoms with Crippen LogP contribution in [0.4, 0.5) is 0 Å². The first-order chi connectivity index (χ1) is 13.3. The van der Waals surface area contributed by atoms with Crippen LogP contribution in [0, 0.1) is 0 Å². The Morgan fingerprint density at radius 2 is 1.18 bits per heavy atom. The van der Waals surface area contributed by atoms with Gasteiger partial charge >= 0.3 is 17.6 Å². The van der Waals surface area contributed by atoms with Crippen LogP contribution in [0.5, 0.6) is 0 Å². The van der Waals surface area contributed by atoms with Gasteiger partial charge in [0.25, 0.3) is 5.56 Å². The number of carboxylic acid groups (broad SMARTS) is 2. The predicted octanol–water partition coefficient (Wildman–Crippen LogP) is 1.50. The summed E-state index contributed by atoms with van der Waals surface area (Å²) >= 11 is 0. The molecule has 0 amide bonds. The monoisotopic (exact) mass is 380 g/mol. The zero-order chi connectivity index (χ0) is 20.3. The molecule has 8 nitrogen and oxygen atoms in total. The Morgan fingerprint density at radius 3 is 1.64 bits per heavy atom. The largest absolute Gasteiger partial charge is 0.478 e. The SMILES string of the molecule is O=C(O)c1ccc(Cn2ccc(=O)n(Cc3ccc(C(=O)O)cc3)c2=O)cc1. The van der Waals surface area contributed by atoms with Gasteiger partial charge in [0.1, 0.15) is 0 Å². The normalized spacial score (nSPS) is 10.6. The molecule has 0 saturated heterocycles. The van der Waals surface area contributed by atoms with Crippen molar-refractivity contribution in [2.45, 2.75) is 13.1 Å². The zero-order valence-electron chi connectivity index (χ0n) is 14.6. The van der Waals surface area contributed by atoms with Crippen LogP contribution in [0.2, 0.25) is 0 Å². The molecule has 2 N–H and O–H groups in total. The predicted molar refractivity (Wildman–Crippen MR) is 100.0 cm³/mol. The quantitative estimate of drug-likeness (QED) is 0.669. The highest BCUT2D eigenvalue weighted by atomic mass is 16.4. The molecule has 1 heterocycles. The summed E-state index contributed by atoms with van der Waals surface area (Å²) in [7, 11) is 0. The average molecular weight is 380 g/mol. The highest BCUT2D eigenvalue weighted by Gasteiger charge is 2.09. The molecule has 0 atom stereocenters. The van der Waals surface area contributed by atoms with Crippen LogP contribution in [0.15, 0.2) is 70.4 Å². The van der Waals surface area contributed by atoms with E-state index < -0.39 is 23.2 Å². The van der Waals surface area contributed by atoms with Crippen molar-refractivity contribution in [2.24, 2.45) is 0 Å². The number of carbonyl (C=O) groups is 2. The second-order valence-corrected chi connectivity index (χ2v) is 6.15. The van der Waals surface area contributed by atoms with Crippen molar-refractivity contribution in [1.82, 2.24) is 9.13 Å². The van der Waals surface area contributed by atoms with Gasteiger partial charge < -0.3 is 10.2 Å². The Hall–Kier alpha value is -3.94. The summed E-state index contributed by atoms with van der Waals surface area (Å²) in [4.78, 5) is 46.6. The molecule has 0 radical (unpaired) electrons. The highest BCUT2D eigenvalue weighted by molar-refractivity contribution is 5.87. The first-order valence-corrected chi connectivity index (χ1v) is 8.30. The fourth-order valence-corrected chi connectivity index (χ4v) is 2.71. The second kappa shape index (κ2) is 7.75. The molecular formula is C20H16N2O6. The molecule has 0 unspecified atom stereocenters. The summed E-state index contributed by atoms with van der Waals surface area (Å²) in [6, 6.07) is 13.3. The van der Waals surface area contributed by atoms with Gasteiger partial charge in [-0.15, -0.1) is 0 Å². The van der Waals surface area contributed by atoms with E-state index in [1.165, 1.54) is 41.1 Å². The third-order valence-corrected chi connectivity index (χ3v) is 4.24. The molecule has 0 bridgehead atoms. The Kier molecular flexibility index (Phi) is 5.21. The van der Waals surface area contributed by atoms with Gasteiger partial charge in [-0.3, -0.25) is 13.9 Å². The zero-order valence-corrected chi connectivity index (χ0v) is 14.6. The molecule has 0 saturated carbocycles. The van der Waals surface area contributed by atoms with Crippen molar-refractivity contribution < 1.29 is 19.8 Å². The molecule has 0 spiro atoms. The number of rotatable bonds is 6. The van der Waals surface area contributed by atoms with Gasteiger partial charge in [0.2, 0.25) is 0 Å². The van der Waals surface area contributed by atoms with E-state index in [9.17, 15) is 19.2 Å². The van der Waals surface area contributed by atoms with Gasteiger partial charge in [-0.1, -0.05) is 24.3 Å². The highest BCUT2D eigenvalue weighted by Crippen LogP contribution is 2.07. The summed E-state index contributed by atoms with van der Waals surface area (Å²) in [5, 5.41) is 17.9. The third kappa shape index (κ3) is 4.07. The Bertz CT molecular complexity index is 1140. The third-order valence-electron chi connectivity index (χ3n) is 4.24. The van der Waals surface area contributed by atoms with E-state index in [-0.39, 0.29) is 24.2 Å². The van der Waals surface area contributed by atoms with Crippen LogP contribution in [0.3, 0.4) is 0 Å². The van der Waals surface area contributed by atoms with Crippen LogP contribution in [0.25, 0.3) is 0 Å². The second-order valence-electron chi connectivity index (χ2n) is 6.15. The van der Waals surface area contributed by atoms with Gasteiger partial charge in [0.15, 0.2) is 0 Å². The maximum absolute atomic E-state index is 12.7. The molecule has 1 aromatic heterocycles. The van der Waals surface area contributed by atoms with E-state index in [0.29, 0.717) is 11.1 Å². The van der Waals surface area contributed by atoms with Crippen LogP contribution >= 0.6 is 0 Å². The van der Waals surface area contributed by atoms with Gasteiger partial charge in [-0.2, -0.15) is 0 Å². The first kappa shape index (κ1) is 18.8. The molecular weight excluding hydrogens is 364 g/mol. The number of nitrogens with zero attached hydrogens (tertiary/aromatic N) is 2. The molecule has 0 aliphatic carbocycles. The van der Waals surface area contributed by atoms with Crippen molar-refractivity contribution >= 4 is 11.9 Å². The van der Waals surface area contributed by atoms with Gasteiger partial charge in [-0.05, 0) is 35.4 Å². The molecule has 2 aromatic carbocycles. The fraction of sp³-hybridized carbons (Fsp3) is 0.100. The number of aromatic nitrogens is 2. The Labute approximate surface area is 158 Å². The Morgan fingerprint density at radius 1 is 0.714 bits per heavy atom. The lowest BCUT2D eigenvalue weighted by molar-refractivity contribution is 0.0686. The van der Waals surface area contributed by atoms with E-state index in [1.807, 2.05) is 0 Å². The van der Waals surface area contributed by atoms with Crippen LogP contribution in [-0.4, -0.2) is 31.3 Å². The summed E-state index contributed by atoms with van der Waals surface area (Å²) < 4.78 is 2.41. The number of aromatic carboxylic acids is 2. The lowest BCUT2D eigenvalue weighted by atomic mass is 10.1. The van der Waals surface area contributed by atoms with Crippen molar-refractivity contribution in [3.63, 3.8) is 0 Å². The average Bonchev–Trinajstić information content (AvgIpc) is 2.68. The smallest absolute Gasteiger partial charge is 0.335 e. The fourth-order valence-electron chi connectivity index (χ4n) is 2.71. The maximum atomic E-state index is 12.7. The molecule has 3 rings (SSSR count). The van der Waals surface area contributed by atoms with Gasteiger partial charge in [-0.25, -0.2) is 14.4 Å². The van der Waals surface area contributed by atoms with E-state index in [4.69, 9.17) is 10.2 Å². The topological polar surface area (TPSA) is 119 Å². The summed E-state index contributed by atoms with van der Waals surface area (Å²) in [5.74, 6) is -2.09. The molecule has 0 aliphatic rings. The summed E-state index contributed by atoms with van der Waals surface area (Å²) in [6.45, 7) is 0.188. The Balaban J connectivity index is 1.87. The van der Waals surface area contributed by atoms with Crippen molar-refractivity contribution in [2.75, 3.05) is 0 Å². The van der Waals surface area contributed by atoms with E-state index in [1.54, 1.807) is 24.3 Å². The number of hydrogen-bond donors (Lipinski definition) is 2.